The number of pyridine rings is 1. The van der Waals surface area contributed by atoms with Crippen LogP contribution < -0.4 is 9.62 Å². The number of carbonyl (C=O) groups is 2. The van der Waals surface area contributed by atoms with Gasteiger partial charge in [-0.25, -0.2) is 14.0 Å². The first kappa shape index (κ1) is 27.2. The minimum absolute atomic E-state index is 0.0955. The van der Waals surface area contributed by atoms with Crippen LogP contribution in [0.2, 0.25) is 0 Å². The summed E-state index contributed by atoms with van der Waals surface area (Å²) >= 11 is 0. The largest absolute Gasteiger partial charge is 0.444 e. The first-order valence-corrected chi connectivity index (χ1v) is 14.0. The van der Waals surface area contributed by atoms with E-state index in [1.165, 1.54) is 9.80 Å². The number of hydrogen-bond acceptors (Lipinski definition) is 7. The van der Waals surface area contributed by atoms with Crippen LogP contribution in [0.4, 0.5) is 16.3 Å². The van der Waals surface area contributed by atoms with Gasteiger partial charge in [-0.2, -0.15) is 0 Å². The number of nitrogens with zero attached hydrogens (tertiary/aromatic N) is 5. The van der Waals surface area contributed by atoms with E-state index in [1.807, 2.05) is 48.6 Å². The molecule has 2 amide bonds. The molecule has 2 aliphatic rings. The summed E-state index contributed by atoms with van der Waals surface area (Å²) in [6, 6.07) is 7.51. The molecule has 1 aromatic carbocycles. The molecule has 0 spiro atoms. The highest BCUT2D eigenvalue weighted by Gasteiger charge is 2.31. The van der Waals surface area contributed by atoms with Gasteiger partial charge in [0, 0.05) is 24.8 Å². The van der Waals surface area contributed by atoms with Crippen molar-refractivity contribution in [3.05, 3.63) is 79.3 Å². The van der Waals surface area contributed by atoms with Gasteiger partial charge in [-0.15, -0.1) is 0 Å². The number of rotatable bonds is 5. The van der Waals surface area contributed by atoms with Crippen molar-refractivity contribution in [1.29, 1.82) is 0 Å². The lowest BCUT2D eigenvalue weighted by atomic mass is 10.1. The fourth-order valence-corrected chi connectivity index (χ4v) is 5.37. The first-order valence-electron chi connectivity index (χ1n) is 12.8. The maximum Gasteiger partial charge on any atom is 0.410 e. The molecule has 1 aliphatic heterocycles. The zero-order valence-corrected chi connectivity index (χ0v) is 23.4. The first-order chi connectivity index (χ1) is 19.1. The summed E-state index contributed by atoms with van der Waals surface area (Å²) in [5.41, 5.74) is 3.66. The molecule has 10 nitrogen and oxygen atoms in total. The molecule has 1 saturated heterocycles. The summed E-state index contributed by atoms with van der Waals surface area (Å²) in [5.74, 6) is 0.154. The van der Waals surface area contributed by atoms with Crippen molar-refractivity contribution in [3.63, 3.8) is 0 Å². The van der Waals surface area contributed by atoms with E-state index in [2.05, 4.69) is 21.3 Å². The minimum Gasteiger partial charge on any atom is -0.444 e. The summed E-state index contributed by atoms with van der Waals surface area (Å²) in [6.45, 7) is 9.85. The van der Waals surface area contributed by atoms with Gasteiger partial charge < -0.3 is 9.46 Å². The Balaban J connectivity index is 1.33. The number of amides is 2. The number of fused-ring (bicyclic) bond motifs is 1. The third kappa shape index (κ3) is 6.09. The Morgan fingerprint density at radius 3 is 2.67 bits per heavy atom. The van der Waals surface area contributed by atoms with E-state index in [9.17, 15) is 13.8 Å². The van der Waals surface area contributed by atoms with Crippen LogP contribution in [0, 0.1) is 0 Å². The van der Waals surface area contributed by atoms with E-state index in [1.54, 1.807) is 39.4 Å². The fourth-order valence-electron chi connectivity index (χ4n) is 4.31. The van der Waals surface area contributed by atoms with Gasteiger partial charge in [0.2, 0.25) is 5.91 Å². The smallest absolute Gasteiger partial charge is 0.410 e. The van der Waals surface area contributed by atoms with Crippen molar-refractivity contribution in [2.75, 3.05) is 29.3 Å². The Labute approximate surface area is 235 Å². The van der Waals surface area contributed by atoms with Gasteiger partial charge in [0.15, 0.2) is 5.82 Å². The van der Waals surface area contributed by atoms with Gasteiger partial charge >= 0.3 is 6.09 Å². The summed E-state index contributed by atoms with van der Waals surface area (Å²) in [7, 11) is -1.41. The SMILES string of the molecule is C=C1C=CC=CC1S(=O)Nc1cncc(-c2ccc3ncc(N4CCN(C(=O)OC(C)(C)C)CC4=O)nc3c2)c1. The van der Waals surface area contributed by atoms with Crippen molar-refractivity contribution in [1.82, 2.24) is 19.9 Å². The zero-order chi connectivity index (χ0) is 28.4. The molecule has 40 heavy (non-hydrogen) atoms. The average molecular weight is 559 g/mol. The molecule has 2 atom stereocenters. The lowest BCUT2D eigenvalue weighted by Crippen LogP contribution is -2.53. The topological polar surface area (TPSA) is 118 Å². The van der Waals surface area contributed by atoms with E-state index in [4.69, 9.17) is 9.72 Å². The van der Waals surface area contributed by atoms with Crippen LogP contribution in [-0.2, 0) is 20.5 Å². The third-order valence-electron chi connectivity index (χ3n) is 6.27. The zero-order valence-electron chi connectivity index (χ0n) is 22.5. The summed E-state index contributed by atoms with van der Waals surface area (Å²) < 4.78 is 21.3. The normalized spacial score (nSPS) is 18.2. The fraction of sp³-hybridized carbons (Fsp3) is 0.276. The molecular formula is C29H30N6O4S. The Hall–Kier alpha value is -4.38. The van der Waals surface area contributed by atoms with Crippen LogP contribution in [0.1, 0.15) is 20.8 Å². The molecule has 2 unspecified atom stereocenters. The number of anilines is 2. The maximum absolute atomic E-state index is 12.9. The second-order valence-electron chi connectivity index (χ2n) is 10.5. The standard InChI is InChI=1S/C29H30N6O4S/c1-19-7-5-6-8-25(19)40(38)33-22-13-21(15-30-16-22)20-9-10-23-24(14-20)32-26(17-31-23)35-12-11-34(18-27(35)36)28(37)39-29(2,3)4/h5-10,13-17,25,33H,1,11-12,18H2,2-4H3. The molecule has 11 heteroatoms. The highest BCUT2D eigenvalue weighted by atomic mass is 32.2. The number of aromatic nitrogens is 3. The Kier molecular flexibility index (Phi) is 7.49. The van der Waals surface area contributed by atoms with Gasteiger partial charge in [-0.1, -0.05) is 36.9 Å². The number of benzene rings is 1. The van der Waals surface area contributed by atoms with Gasteiger partial charge in [-0.3, -0.25) is 24.6 Å². The maximum atomic E-state index is 12.9. The van der Waals surface area contributed by atoms with Crippen LogP contribution in [0.25, 0.3) is 22.2 Å². The molecule has 0 radical (unpaired) electrons. The van der Waals surface area contributed by atoms with Crippen LogP contribution in [0.3, 0.4) is 0 Å². The van der Waals surface area contributed by atoms with E-state index >= 15 is 0 Å². The van der Waals surface area contributed by atoms with Gasteiger partial charge in [0.05, 0.1) is 34.4 Å². The van der Waals surface area contributed by atoms with Gasteiger partial charge in [0.25, 0.3) is 0 Å². The summed E-state index contributed by atoms with van der Waals surface area (Å²) in [6.07, 6.45) is 11.8. The molecule has 5 rings (SSSR count). The Morgan fingerprint density at radius 1 is 1.10 bits per heavy atom. The van der Waals surface area contributed by atoms with Crippen molar-refractivity contribution < 1.29 is 18.5 Å². The third-order valence-corrected chi connectivity index (χ3v) is 7.63. The Morgan fingerprint density at radius 2 is 1.93 bits per heavy atom. The Bertz CT molecular complexity index is 1580. The molecule has 3 heterocycles. The van der Waals surface area contributed by atoms with E-state index in [0.29, 0.717) is 29.1 Å². The molecule has 0 saturated carbocycles. The highest BCUT2D eigenvalue weighted by Crippen LogP contribution is 2.27. The van der Waals surface area contributed by atoms with Crippen LogP contribution in [0.5, 0.6) is 0 Å². The molecular weight excluding hydrogens is 528 g/mol. The minimum atomic E-state index is -1.41. The monoisotopic (exact) mass is 558 g/mol. The van der Waals surface area contributed by atoms with Crippen molar-refractivity contribution >= 4 is 45.5 Å². The van der Waals surface area contributed by atoms with E-state index in [0.717, 1.165) is 16.7 Å². The predicted octanol–water partition coefficient (Wildman–Crippen LogP) is 4.40. The predicted molar refractivity (Wildman–Crippen MR) is 156 cm³/mol. The molecule has 1 fully saturated rings. The second kappa shape index (κ2) is 11.0. The number of carbonyl (C=O) groups excluding carboxylic acids is 2. The molecule has 0 bridgehead atoms. The van der Waals surface area contributed by atoms with Gasteiger partial charge in [0.1, 0.15) is 23.1 Å². The number of allylic oxidation sites excluding steroid dienone is 3. The van der Waals surface area contributed by atoms with Crippen molar-refractivity contribution in [2.45, 2.75) is 31.6 Å². The molecule has 1 N–H and O–H groups in total. The van der Waals surface area contributed by atoms with Gasteiger partial charge in [-0.05, 0) is 50.1 Å². The lowest BCUT2D eigenvalue weighted by Gasteiger charge is -2.34. The molecule has 206 valence electrons. The molecule has 1 aliphatic carbocycles. The number of nitrogens with one attached hydrogen (secondary N) is 1. The van der Waals surface area contributed by atoms with Crippen molar-refractivity contribution in [3.8, 4) is 11.1 Å². The highest BCUT2D eigenvalue weighted by molar-refractivity contribution is 7.87. The van der Waals surface area contributed by atoms with Crippen molar-refractivity contribution in [2.24, 2.45) is 0 Å². The number of piperazine rings is 1. The van der Waals surface area contributed by atoms with Crippen LogP contribution >= 0.6 is 0 Å². The lowest BCUT2D eigenvalue weighted by molar-refractivity contribution is -0.121. The number of ether oxygens (including phenoxy) is 1. The second-order valence-corrected chi connectivity index (χ2v) is 11.8. The molecule has 2 aromatic heterocycles. The summed E-state index contributed by atoms with van der Waals surface area (Å²) in [5, 5.41) is -0.322. The van der Waals surface area contributed by atoms with Crippen LogP contribution in [-0.4, -0.2) is 66.5 Å². The van der Waals surface area contributed by atoms with Crippen LogP contribution in [0.15, 0.2) is 79.3 Å². The van der Waals surface area contributed by atoms with E-state index in [-0.39, 0.29) is 24.2 Å². The average Bonchev–Trinajstić information content (AvgIpc) is 2.92. The number of hydrogen-bond donors (Lipinski definition) is 1. The quantitative estimate of drug-likeness (QED) is 0.493. The van der Waals surface area contributed by atoms with E-state index < -0.39 is 22.7 Å². The molecule has 3 aromatic rings. The summed E-state index contributed by atoms with van der Waals surface area (Å²) in [4.78, 5) is 41.8.